The summed E-state index contributed by atoms with van der Waals surface area (Å²) in [4.78, 5) is 20.2. The quantitative estimate of drug-likeness (QED) is 0.395. The summed E-state index contributed by atoms with van der Waals surface area (Å²) < 4.78 is 0. The van der Waals surface area contributed by atoms with Gasteiger partial charge in [-0.2, -0.15) is 5.10 Å². The molecule has 1 N–H and O–H groups in total. The van der Waals surface area contributed by atoms with E-state index in [-0.39, 0.29) is 11.7 Å². The van der Waals surface area contributed by atoms with Gasteiger partial charge in [0, 0.05) is 16.4 Å². The Morgan fingerprint density at radius 3 is 2.73 bits per heavy atom. The zero-order valence-electron chi connectivity index (χ0n) is 12.2. The fourth-order valence-electron chi connectivity index (χ4n) is 1.69. The van der Waals surface area contributed by atoms with Gasteiger partial charge in [0.15, 0.2) is 5.16 Å². The van der Waals surface area contributed by atoms with Crippen LogP contribution in [0.2, 0.25) is 5.02 Å². The molecule has 0 aliphatic heterocycles. The van der Waals surface area contributed by atoms with E-state index in [1.165, 1.54) is 11.8 Å². The van der Waals surface area contributed by atoms with Gasteiger partial charge < -0.3 is 0 Å². The number of hydrazone groups is 1. The van der Waals surface area contributed by atoms with Crippen LogP contribution in [0.5, 0.6) is 0 Å². The van der Waals surface area contributed by atoms with Gasteiger partial charge in [0.05, 0.1) is 12.0 Å². The zero-order valence-corrected chi connectivity index (χ0v) is 13.8. The van der Waals surface area contributed by atoms with Crippen LogP contribution < -0.4 is 5.43 Å². The first kappa shape index (κ1) is 16.5. The average Bonchev–Trinajstić information content (AvgIpc) is 2.44. The zero-order chi connectivity index (χ0) is 15.9. The van der Waals surface area contributed by atoms with Gasteiger partial charge >= 0.3 is 0 Å². The SMILES string of the molecule is Cc1cc(C)nc(SCC(=O)N/N=C/c2cccc(Cl)c2)n1. The summed E-state index contributed by atoms with van der Waals surface area (Å²) >= 11 is 7.14. The maximum atomic E-state index is 11.7. The fraction of sp³-hybridized carbons (Fsp3) is 0.200. The summed E-state index contributed by atoms with van der Waals surface area (Å²) in [6.45, 7) is 3.79. The van der Waals surface area contributed by atoms with Crippen molar-refractivity contribution in [3.63, 3.8) is 0 Å². The molecule has 0 aliphatic rings. The summed E-state index contributed by atoms with van der Waals surface area (Å²) in [5, 5.41) is 5.10. The topological polar surface area (TPSA) is 67.2 Å². The third-order valence-electron chi connectivity index (χ3n) is 2.55. The average molecular weight is 335 g/mol. The fourth-order valence-corrected chi connectivity index (χ4v) is 2.63. The van der Waals surface area contributed by atoms with E-state index in [0.717, 1.165) is 17.0 Å². The van der Waals surface area contributed by atoms with Crippen LogP contribution in [0.25, 0.3) is 0 Å². The van der Waals surface area contributed by atoms with Gasteiger partial charge in [-0.3, -0.25) is 4.79 Å². The predicted octanol–water partition coefficient (Wildman–Crippen LogP) is 2.99. The Hall–Kier alpha value is -1.92. The molecule has 0 saturated carbocycles. The smallest absolute Gasteiger partial charge is 0.250 e. The van der Waals surface area contributed by atoms with Crippen molar-refractivity contribution in [2.75, 3.05) is 5.75 Å². The molecule has 0 bridgehead atoms. The van der Waals surface area contributed by atoms with Gasteiger partial charge in [-0.15, -0.1) is 0 Å². The number of halogens is 1. The number of hydrogen-bond acceptors (Lipinski definition) is 5. The molecule has 7 heteroatoms. The summed E-state index contributed by atoms with van der Waals surface area (Å²) in [7, 11) is 0. The number of hydrogen-bond donors (Lipinski definition) is 1. The van der Waals surface area contributed by atoms with Crippen LogP contribution in [-0.4, -0.2) is 27.8 Å². The maximum absolute atomic E-state index is 11.7. The second-order valence-corrected chi connectivity index (χ2v) is 5.95. The van der Waals surface area contributed by atoms with E-state index in [1.807, 2.05) is 32.0 Å². The second-order valence-electron chi connectivity index (χ2n) is 4.57. The number of carbonyl (C=O) groups excluding carboxylic acids is 1. The van der Waals surface area contributed by atoms with E-state index in [2.05, 4.69) is 20.5 Å². The van der Waals surface area contributed by atoms with Crippen molar-refractivity contribution in [3.05, 3.63) is 52.3 Å². The number of amides is 1. The van der Waals surface area contributed by atoms with Gasteiger partial charge in [0.2, 0.25) is 0 Å². The Labute approximate surface area is 138 Å². The molecule has 5 nitrogen and oxygen atoms in total. The Balaban J connectivity index is 1.83. The molecular formula is C15H15ClN4OS. The van der Waals surface area contributed by atoms with E-state index in [9.17, 15) is 4.79 Å². The standard InChI is InChI=1S/C15H15ClN4OS/c1-10-6-11(2)19-15(18-10)22-9-14(21)20-17-8-12-4-3-5-13(16)7-12/h3-8H,9H2,1-2H3,(H,20,21)/b17-8+. The summed E-state index contributed by atoms with van der Waals surface area (Å²) in [6, 6.07) is 9.09. The number of aromatic nitrogens is 2. The molecule has 2 aromatic rings. The van der Waals surface area contributed by atoms with Crippen LogP contribution in [0.15, 0.2) is 40.6 Å². The highest BCUT2D eigenvalue weighted by Crippen LogP contribution is 2.13. The van der Waals surface area contributed by atoms with Gasteiger partial charge in [-0.25, -0.2) is 15.4 Å². The van der Waals surface area contributed by atoms with Crippen LogP contribution in [0.4, 0.5) is 0 Å². The molecule has 2 rings (SSSR count). The van der Waals surface area contributed by atoms with Crippen molar-refractivity contribution in [2.24, 2.45) is 5.10 Å². The monoisotopic (exact) mass is 334 g/mol. The van der Waals surface area contributed by atoms with Gasteiger partial charge in [-0.05, 0) is 37.6 Å². The lowest BCUT2D eigenvalue weighted by atomic mass is 10.2. The minimum Gasteiger partial charge on any atom is -0.272 e. The maximum Gasteiger partial charge on any atom is 0.250 e. The number of aryl methyl sites for hydroxylation is 2. The minimum absolute atomic E-state index is 0.204. The van der Waals surface area contributed by atoms with Crippen LogP contribution in [0.3, 0.4) is 0 Å². The lowest BCUT2D eigenvalue weighted by Crippen LogP contribution is -2.19. The molecule has 114 valence electrons. The Kier molecular flexibility index (Phi) is 5.91. The van der Waals surface area contributed by atoms with Gasteiger partial charge in [-0.1, -0.05) is 35.5 Å². The van der Waals surface area contributed by atoms with Crippen LogP contribution >= 0.6 is 23.4 Å². The molecule has 1 heterocycles. The predicted molar refractivity (Wildman–Crippen MR) is 89.4 cm³/mol. The number of rotatable bonds is 5. The van der Waals surface area contributed by atoms with Crippen molar-refractivity contribution in [2.45, 2.75) is 19.0 Å². The Bertz CT molecular complexity index is 685. The molecule has 0 fully saturated rings. The summed E-state index contributed by atoms with van der Waals surface area (Å²) in [6.07, 6.45) is 1.54. The Morgan fingerprint density at radius 2 is 2.05 bits per heavy atom. The summed E-state index contributed by atoms with van der Waals surface area (Å²) in [5.41, 5.74) is 5.05. The molecule has 0 radical (unpaired) electrons. The first-order valence-electron chi connectivity index (χ1n) is 6.55. The third kappa shape index (κ3) is 5.46. The molecule has 0 unspecified atom stereocenters. The van der Waals surface area contributed by atoms with E-state index < -0.39 is 0 Å². The van der Waals surface area contributed by atoms with Gasteiger partial charge in [0.25, 0.3) is 5.91 Å². The van der Waals surface area contributed by atoms with E-state index in [1.54, 1.807) is 18.3 Å². The van der Waals surface area contributed by atoms with Crippen LogP contribution in [0.1, 0.15) is 17.0 Å². The van der Waals surface area contributed by atoms with Gasteiger partial charge in [0.1, 0.15) is 0 Å². The highest BCUT2D eigenvalue weighted by Gasteiger charge is 2.05. The minimum atomic E-state index is -0.217. The first-order chi connectivity index (χ1) is 10.5. The molecule has 22 heavy (non-hydrogen) atoms. The van der Waals surface area contributed by atoms with E-state index >= 15 is 0 Å². The van der Waals surface area contributed by atoms with Crippen molar-refractivity contribution in [3.8, 4) is 0 Å². The summed E-state index contributed by atoms with van der Waals surface area (Å²) in [5.74, 6) is -0.0125. The molecule has 0 spiro atoms. The number of nitrogens with zero attached hydrogens (tertiary/aromatic N) is 3. The molecule has 1 aromatic carbocycles. The second kappa shape index (κ2) is 7.91. The highest BCUT2D eigenvalue weighted by atomic mass is 35.5. The Morgan fingerprint density at radius 1 is 1.32 bits per heavy atom. The first-order valence-corrected chi connectivity index (χ1v) is 7.92. The van der Waals surface area contributed by atoms with Crippen LogP contribution in [0, 0.1) is 13.8 Å². The third-order valence-corrected chi connectivity index (χ3v) is 3.63. The lowest BCUT2D eigenvalue weighted by Gasteiger charge is -2.02. The number of nitrogens with one attached hydrogen (secondary N) is 1. The number of benzene rings is 1. The van der Waals surface area contributed by atoms with Crippen molar-refractivity contribution in [1.82, 2.24) is 15.4 Å². The number of carbonyl (C=O) groups is 1. The highest BCUT2D eigenvalue weighted by molar-refractivity contribution is 7.99. The molecule has 0 saturated heterocycles. The molecule has 1 amide bonds. The van der Waals surface area contributed by atoms with E-state index in [0.29, 0.717) is 10.2 Å². The normalized spacial score (nSPS) is 10.9. The van der Waals surface area contributed by atoms with Crippen molar-refractivity contribution < 1.29 is 4.79 Å². The molecule has 0 atom stereocenters. The van der Waals surface area contributed by atoms with Crippen molar-refractivity contribution in [1.29, 1.82) is 0 Å². The molecular weight excluding hydrogens is 320 g/mol. The van der Waals surface area contributed by atoms with Crippen molar-refractivity contribution >= 4 is 35.5 Å². The lowest BCUT2D eigenvalue weighted by molar-refractivity contribution is -0.118. The van der Waals surface area contributed by atoms with Crippen LogP contribution in [-0.2, 0) is 4.79 Å². The largest absolute Gasteiger partial charge is 0.272 e. The molecule has 0 aliphatic carbocycles. The molecule has 1 aromatic heterocycles. The number of thioether (sulfide) groups is 1. The van der Waals surface area contributed by atoms with E-state index in [4.69, 9.17) is 11.6 Å².